The molecule has 1 atom stereocenters. The van der Waals surface area contributed by atoms with E-state index in [1.165, 1.54) is 0 Å². The van der Waals surface area contributed by atoms with Crippen molar-refractivity contribution in [1.29, 1.82) is 0 Å². The van der Waals surface area contributed by atoms with Crippen molar-refractivity contribution in [2.45, 2.75) is 23.2 Å². The highest BCUT2D eigenvalue weighted by atomic mass is 32.2. The largest absolute Gasteiger partial charge is 0.395 e. The molecule has 0 aromatic heterocycles. The van der Waals surface area contributed by atoms with E-state index >= 15 is 0 Å². The fourth-order valence-electron chi connectivity index (χ4n) is 0.853. The van der Waals surface area contributed by atoms with Crippen molar-refractivity contribution in [3.05, 3.63) is 0 Å². The van der Waals surface area contributed by atoms with Gasteiger partial charge in [-0.25, -0.2) is 0 Å². The van der Waals surface area contributed by atoms with E-state index in [0.717, 1.165) is 5.75 Å². The first-order valence-corrected chi connectivity index (χ1v) is 4.93. The summed E-state index contributed by atoms with van der Waals surface area (Å²) in [4.78, 5) is 0. The standard InChI is InChI=1S/C6H12OS2/c1-6(2)8-4-5(3-7)9-6/h5,7H,3-4H2,1-2H3/t5-/m1/s1. The molecule has 9 heavy (non-hydrogen) atoms. The number of rotatable bonds is 1. The zero-order chi connectivity index (χ0) is 6.91. The molecule has 1 saturated heterocycles. The minimum absolute atomic E-state index is 0.334. The van der Waals surface area contributed by atoms with Crippen molar-refractivity contribution in [2.75, 3.05) is 12.4 Å². The number of aliphatic hydroxyl groups excluding tert-OH is 1. The molecular weight excluding hydrogens is 152 g/mol. The summed E-state index contributed by atoms with van der Waals surface area (Å²) < 4.78 is 0.341. The normalized spacial score (nSPS) is 33.0. The van der Waals surface area contributed by atoms with E-state index in [-0.39, 0.29) is 0 Å². The Balaban J connectivity index is 2.38. The summed E-state index contributed by atoms with van der Waals surface area (Å²) in [7, 11) is 0. The lowest BCUT2D eigenvalue weighted by molar-refractivity contribution is 0.301. The van der Waals surface area contributed by atoms with Crippen LogP contribution < -0.4 is 0 Å². The van der Waals surface area contributed by atoms with Crippen molar-refractivity contribution >= 4 is 23.5 Å². The molecule has 1 nitrogen and oxygen atoms in total. The highest BCUT2D eigenvalue weighted by Gasteiger charge is 2.31. The Morgan fingerprint density at radius 2 is 2.33 bits per heavy atom. The fraction of sp³-hybridized carbons (Fsp3) is 1.00. The molecule has 1 fully saturated rings. The first kappa shape index (κ1) is 7.76. The molecule has 1 aliphatic heterocycles. The van der Waals surface area contributed by atoms with Gasteiger partial charge in [0.25, 0.3) is 0 Å². The van der Waals surface area contributed by atoms with E-state index in [0.29, 0.717) is 15.9 Å². The van der Waals surface area contributed by atoms with Crippen LogP contribution in [0.5, 0.6) is 0 Å². The minimum atomic E-state index is 0.334. The Kier molecular flexibility index (Phi) is 2.35. The number of thioether (sulfide) groups is 2. The first-order chi connectivity index (χ1) is 4.14. The van der Waals surface area contributed by atoms with Gasteiger partial charge in [-0.2, -0.15) is 0 Å². The monoisotopic (exact) mass is 164 g/mol. The minimum Gasteiger partial charge on any atom is -0.395 e. The van der Waals surface area contributed by atoms with Crippen LogP contribution in [0.15, 0.2) is 0 Å². The summed E-state index contributed by atoms with van der Waals surface area (Å²) in [5, 5.41) is 9.24. The average Bonchev–Trinajstić information content (AvgIpc) is 2.10. The van der Waals surface area contributed by atoms with Crippen LogP contribution in [0.1, 0.15) is 13.8 Å². The lowest BCUT2D eigenvalue weighted by Crippen LogP contribution is -2.08. The van der Waals surface area contributed by atoms with Gasteiger partial charge in [0.05, 0.1) is 10.7 Å². The van der Waals surface area contributed by atoms with Crippen LogP contribution in [-0.4, -0.2) is 26.8 Å². The smallest absolute Gasteiger partial charge is 0.0559 e. The molecule has 0 amide bonds. The SMILES string of the molecule is CC1(C)SC[C@@H](CO)S1. The maximum absolute atomic E-state index is 8.76. The van der Waals surface area contributed by atoms with Gasteiger partial charge in [0.2, 0.25) is 0 Å². The van der Waals surface area contributed by atoms with Crippen LogP contribution in [0.25, 0.3) is 0 Å². The molecule has 0 spiro atoms. The molecule has 3 heteroatoms. The van der Waals surface area contributed by atoms with Gasteiger partial charge < -0.3 is 5.11 Å². The summed E-state index contributed by atoms with van der Waals surface area (Å²) >= 11 is 3.82. The molecule has 1 N–H and O–H groups in total. The second-order valence-electron chi connectivity index (χ2n) is 2.63. The molecule has 0 aromatic rings. The van der Waals surface area contributed by atoms with E-state index in [1.807, 2.05) is 23.5 Å². The van der Waals surface area contributed by atoms with E-state index in [1.54, 1.807) is 0 Å². The molecule has 0 saturated carbocycles. The lowest BCUT2D eigenvalue weighted by Gasteiger charge is -2.14. The Morgan fingerprint density at radius 3 is 2.56 bits per heavy atom. The Morgan fingerprint density at radius 1 is 1.67 bits per heavy atom. The van der Waals surface area contributed by atoms with Crippen molar-refractivity contribution in [2.24, 2.45) is 0 Å². The van der Waals surface area contributed by atoms with Crippen LogP contribution in [-0.2, 0) is 0 Å². The van der Waals surface area contributed by atoms with E-state index in [9.17, 15) is 0 Å². The van der Waals surface area contributed by atoms with Crippen molar-refractivity contribution in [3.63, 3.8) is 0 Å². The highest BCUT2D eigenvalue weighted by Crippen LogP contribution is 2.46. The van der Waals surface area contributed by atoms with Crippen LogP contribution in [0, 0.1) is 0 Å². The van der Waals surface area contributed by atoms with Crippen LogP contribution in [0.4, 0.5) is 0 Å². The second-order valence-corrected chi connectivity index (χ2v) is 6.46. The quantitative estimate of drug-likeness (QED) is 0.635. The topological polar surface area (TPSA) is 20.2 Å². The second kappa shape index (κ2) is 2.72. The first-order valence-electron chi connectivity index (χ1n) is 3.07. The number of aliphatic hydroxyl groups is 1. The zero-order valence-electron chi connectivity index (χ0n) is 5.76. The van der Waals surface area contributed by atoms with Gasteiger partial charge in [0.1, 0.15) is 0 Å². The summed E-state index contributed by atoms with van der Waals surface area (Å²) in [5.74, 6) is 1.11. The number of hydrogen-bond acceptors (Lipinski definition) is 3. The maximum Gasteiger partial charge on any atom is 0.0559 e. The van der Waals surface area contributed by atoms with Gasteiger partial charge in [-0.15, -0.1) is 23.5 Å². The molecule has 0 radical (unpaired) electrons. The molecule has 0 aromatic carbocycles. The lowest BCUT2D eigenvalue weighted by atomic mass is 10.5. The molecule has 54 valence electrons. The van der Waals surface area contributed by atoms with Crippen LogP contribution in [0.3, 0.4) is 0 Å². The van der Waals surface area contributed by atoms with E-state index in [4.69, 9.17) is 5.11 Å². The molecule has 1 heterocycles. The predicted molar refractivity (Wildman–Crippen MR) is 45.0 cm³/mol. The van der Waals surface area contributed by atoms with Crippen molar-refractivity contribution < 1.29 is 5.11 Å². The molecule has 1 aliphatic rings. The zero-order valence-corrected chi connectivity index (χ0v) is 7.39. The summed E-state index contributed by atoms with van der Waals surface area (Å²) in [6, 6.07) is 0. The van der Waals surface area contributed by atoms with Gasteiger partial charge in [-0.05, 0) is 13.8 Å². The Hall–Kier alpha value is 0.660. The molecule has 0 unspecified atom stereocenters. The summed E-state index contributed by atoms with van der Waals surface area (Å²) in [5.41, 5.74) is 0. The average molecular weight is 164 g/mol. The summed E-state index contributed by atoms with van der Waals surface area (Å²) in [6.45, 7) is 4.75. The van der Waals surface area contributed by atoms with Gasteiger partial charge >= 0.3 is 0 Å². The fourth-order valence-corrected chi connectivity index (χ4v) is 3.78. The van der Waals surface area contributed by atoms with Gasteiger partial charge in [0, 0.05) is 11.0 Å². The van der Waals surface area contributed by atoms with Gasteiger partial charge in [0.15, 0.2) is 0 Å². The third-order valence-corrected chi connectivity index (χ3v) is 4.61. The van der Waals surface area contributed by atoms with Gasteiger partial charge in [-0.3, -0.25) is 0 Å². The molecular formula is C6H12OS2. The summed E-state index contributed by atoms with van der Waals surface area (Å²) in [6.07, 6.45) is 0. The van der Waals surface area contributed by atoms with Crippen LogP contribution in [0.2, 0.25) is 0 Å². The van der Waals surface area contributed by atoms with E-state index < -0.39 is 0 Å². The highest BCUT2D eigenvalue weighted by molar-refractivity contribution is 8.21. The number of hydrogen-bond donors (Lipinski definition) is 1. The molecule has 1 rings (SSSR count). The van der Waals surface area contributed by atoms with Crippen LogP contribution >= 0.6 is 23.5 Å². The predicted octanol–water partition coefficient (Wildman–Crippen LogP) is 1.56. The maximum atomic E-state index is 8.76. The van der Waals surface area contributed by atoms with Crippen molar-refractivity contribution in [3.8, 4) is 0 Å². The Bertz CT molecular complexity index is 103. The molecule has 0 bridgehead atoms. The van der Waals surface area contributed by atoms with E-state index in [2.05, 4.69) is 13.8 Å². The third kappa shape index (κ3) is 2.06. The molecule has 0 aliphatic carbocycles. The third-order valence-electron chi connectivity index (χ3n) is 1.27. The Labute approximate surface area is 64.6 Å². The van der Waals surface area contributed by atoms with Crippen molar-refractivity contribution in [1.82, 2.24) is 0 Å². The van der Waals surface area contributed by atoms with Gasteiger partial charge in [-0.1, -0.05) is 0 Å².